The van der Waals surface area contributed by atoms with E-state index in [4.69, 9.17) is 16.3 Å². The number of ether oxygens (including phenoxy) is 1. The maximum absolute atomic E-state index is 14.2. The average molecular weight is 480 g/mol. The van der Waals surface area contributed by atoms with Gasteiger partial charge in [0.1, 0.15) is 11.3 Å². The summed E-state index contributed by atoms with van der Waals surface area (Å²) in [6.45, 7) is 4.37. The molecule has 1 fully saturated rings. The zero-order valence-electron chi connectivity index (χ0n) is 16.9. The molecule has 164 valence electrons. The van der Waals surface area contributed by atoms with Gasteiger partial charge >= 0.3 is 0 Å². The van der Waals surface area contributed by atoms with Crippen molar-refractivity contribution in [3.05, 3.63) is 53.3 Å². The first kappa shape index (κ1) is 22.5. The SMILES string of the molecule is O=C(CCSc1ccc(Cl)cc1)N(CCN1CCOCC1)c1nc2c(F)cccc2s1. The molecule has 4 rings (SSSR count). The molecule has 0 unspecified atom stereocenters. The van der Waals surface area contributed by atoms with E-state index in [1.165, 1.54) is 17.4 Å². The first-order valence-corrected chi connectivity index (χ1v) is 12.3. The molecule has 0 atom stereocenters. The minimum Gasteiger partial charge on any atom is -0.379 e. The lowest BCUT2D eigenvalue weighted by Crippen LogP contribution is -2.43. The van der Waals surface area contributed by atoms with E-state index >= 15 is 0 Å². The summed E-state index contributed by atoms with van der Waals surface area (Å²) in [7, 11) is 0. The van der Waals surface area contributed by atoms with E-state index in [0.717, 1.165) is 29.2 Å². The van der Waals surface area contributed by atoms with Gasteiger partial charge in [-0.1, -0.05) is 29.0 Å². The van der Waals surface area contributed by atoms with E-state index in [9.17, 15) is 9.18 Å². The molecule has 0 saturated carbocycles. The number of amides is 1. The second-order valence-corrected chi connectivity index (χ2v) is 9.75. The van der Waals surface area contributed by atoms with Gasteiger partial charge in [-0.25, -0.2) is 9.37 Å². The molecule has 3 aromatic rings. The summed E-state index contributed by atoms with van der Waals surface area (Å²) in [4.78, 5) is 22.7. The van der Waals surface area contributed by atoms with Gasteiger partial charge in [0, 0.05) is 48.3 Å². The number of rotatable bonds is 8. The molecule has 0 radical (unpaired) electrons. The maximum atomic E-state index is 14.2. The Labute approximate surface area is 194 Å². The minimum atomic E-state index is -0.362. The number of morpholine rings is 1. The number of anilines is 1. The highest BCUT2D eigenvalue weighted by Crippen LogP contribution is 2.31. The van der Waals surface area contributed by atoms with Crippen molar-refractivity contribution >= 4 is 56.0 Å². The Morgan fingerprint density at radius 3 is 2.74 bits per heavy atom. The van der Waals surface area contributed by atoms with Crippen LogP contribution in [0, 0.1) is 5.82 Å². The van der Waals surface area contributed by atoms with E-state index in [1.54, 1.807) is 22.7 Å². The number of benzene rings is 2. The molecular weight excluding hydrogens is 457 g/mol. The van der Waals surface area contributed by atoms with Gasteiger partial charge in [0.25, 0.3) is 0 Å². The molecule has 0 spiro atoms. The Morgan fingerprint density at radius 1 is 1.23 bits per heavy atom. The molecule has 1 aromatic heterocycles. The number of thioether (sulfide) groups is 1. The lowest BCUT2D eigenvalue weighted by molar-refractivity contribution is -0.118. The van der Waals surface area contributed by atoms with Crippen molar-refractivity contribution in [2.45, 2.75) is 11.3 Å². The van der Waals surface area contributed by atoms with Crippen molar-refractivity contribution in [1.82, 2.24) is 9.88 Å². The number of aromatic nitrogens is 1. The summed E-state index contributed by atoms with van der Waals surface area (Å²) in [5, 5.41) is 1.24. The summed E-state index contributed by atoms with van der Waals surface area (Å²) in [5.74, 6) is 0.279. The van der Waals surface area contributed by atoms with Gasteiger partial charge in [-0.3, -0.25) is 14.6 Å². The second-order valence-electron chi connectivity index (χ2n) is 7.13. The number of para-hydroxylation sites is 1. The van der Waals surface area contributed by atoms with Crippen molar-refractivity contribution in [2.24, 2.45) is 0 Å². The third kappa shape index (κ3) is 5.96. The second kappa shape index (κ2) is 10.7. The zero-order chi connectivity index (χ0) is 21.6. The summed E-state index contributed by atoms with van der Waals surface area (Å²) in [5.41, 5.74) is 0.321. The Balaban J connectivity index is 1.45. The predicted molar refractivity (Wildman–Crippen MR) is 126 cm³/mol. The molecule has 0 N–H and O–H groups in total. The van der Waals surface area contributed by atoms with E-state index in [2.05, 4.69) is 9.88 Å². The first-order valence-electron chi connectivity index (χ1n) is 10.1. The molecule has 1 amide bonds. The van der Waals surface area contributed by atoms with Crippen molar-refractivity contribution in [1.29, 1.82) is 0 Å². The lowest BCUT2D eigenvalue weighted by atomic mass is 10.3. The van der Waals surface area contributed by atoms with E-state index in [0.29, 0.717) is 47.6 Å². The molecule has 1 aliphatic heterocycles. The van der Waals surface area contributed by atoms with Crippen LogP contribution in [0.2, 0.25) is 5.02 Å². The fourth-order valence-corrected chi connectivity index (χ4v) is 5.32. The van der Waals surface area contributed by atoms with Crippen molar-refractivity contribution in [2.75, 3.05) is 50.0 Å². The molecule has 1 saturated heterocycles. The standard InChI is InChI=1S/C22H23ClFN3O2S2/c23-16-4-6-17(7-5-16)30-15-8-20(28)27(10-9-26-11-13-29-14-12-26)22-25-21-18(24)2-1-3-19(21)31-22/h1-7H,8-15H2. The molecule has 0 aliphatic carbocycles. The van der Waals surface area contributed by atoms with Crippen LogP contribution < -0.4 is 4.90 Å². The predicted octanol–water partition coefficient (Wildman–Crippen LogP) is 4.94. The molecule has 31 heavy (non-hydrogen) atoms. The largest absolute Gasteiger partial charge is 0.379 e. The lowest BCUT2D eigenvalue weighted by Gasteiger charge is -2.29. The highest BCUT2D eigenvalue weighted by molar-refractivity contribution is 7.99. The van der Waals surface area contributed by atoms with Crippen LogP contribution >= 0.6 is 34.7 Å². The Hall–Kier alpha value is -1.71. The topological polar surface area (TPSA) is 45.7 Å². The fraction of sp³-hybridized carbons (Fsp3) is 0.364. The summed E-state index contributed by atoms with van der Waals surface area (Å²) in [6, 6.07) is 12.5. The van der Waals surface area contributed by atoms with E-state index in [-0.39, 0.29) is 11.7 Å². The van der Waals surface area contributed by atoms with Gasteiger partial charge in [0.15, 0.2) is 5.13 Å². The third-order valence-electron chi connectivity index (χ3n) is 5.03. The van der Waals surface area contributed by atoms with Crippen LogP contribution in [-0.2, 0) is 9.53 Å². The van der Waals surface area contributed by atoms with Crippen LogP contribution in [0.5, 0.6) is 0 Å². The van der Waals surface area contributed by atoms with E-state index < -0.39 is 0 Å². The molecule has 2 heterocycles. The number of halogens is 2. The van der Waals surface area contributed by atoms with Gasteiger partial charge in [-0.15, -0.1) is 11.8 Å². The molecule has 0 bridgehead atoms. The highest BCUT2D eigenvalue weighted by atomic mass is 35.5. The fourth-order valence-electron chi connectivity index (χ4n) is 3.33. The van der Waals surface area contributed by atoms with Gasteiger partial charge in [-0.05, 0) is 36.4 Å². The quantitative estimate of drug-likeness (QED) is 0.428. The number of thiazole rings is 1. The Morgan fingerprint density at radius 2 is 2.00 bits per heavy atom. The van der Waals surface area contributed by atoms with E-state index in [1.807, 2.05) is 30.3 Å². The van der Waals surface area contributed by atoms with Crippen LogP contribution in [0.4, 0.5) is 9.52 Å². The Kier molecular flexibility index (Phi) is 7.79. The van der Waals surface area contributed by atoms with Crippen LogP contribution in [0.15, 0.2) is 47.4 Å². The number of hydrogen-bond acceptors (Lipinski definition) is 6. The summed E-state index contributed by atoms with van der Waals surface area (Å²) >= 11 is 8.90. The van der Waals surface area contributed by atoms with Gasteiger partial charge in [0.05, 0.1) is 17.9 Å². The minimum absolute atomic E-state index is 0.00538. The van der Waals surface area contributed by atoms with Crippen LogP contribution in [0.1, 0.15) is 6.42 Å². The number of carbonyl (C=O) groups is 1. The van der Waals surface area contributed by atoms with Crippen LogP contribution in [0.25, 0.3) is 10.2 Å². The normalized spacial score (nSPS) is 14.8. The third-order valence-corrected chi connectivity index (χ3v) is 7.34. The monoisotopic (exact) mass is 479 g/mol. The highest BCUT2D eigenvalue weighted by Gasteiger charge is 2.22. The van der Waals surface area contributed by atoms with Crippen molar-refractivity contribution < 1.29 is 13.9 Å². The van der Waals surface area contributed by atoms with Crippen molar-refractivity contribution in [3.63, 3.8) is 0 Å². The summed E-state index contributed by atoms with van der Waals surface area (Å²) < 4.78 is 20.3. The Bertz CT molecular complexity index is 1030. The van der Waals surface area contributed by atoms with Gasteiger partial charge in [0.2, 0.25) is 5.91 Å². The smallest absolute Gasteiger partial charge is 0.229 e. The molecular formula is C22H23ClFN3O2S2. The first-order chi connectivity index (χ1) is 15.1. The van der Waals surface area contributed by atoms with Crippen molar-refractivity contribution in [3.8, 4) is 0 Å². The zero-order valence-corrected chi connectivity index (χ0v) is 19.3. The average Bonchev–Trinajstić information content (AvgIpc) is 3.21. The van der Waals surface area contributed by atoms with Gasteiger partial charge < -0.3 is 4.74 Å². The van der Waals surface area contributed by atoms with Gasteiger partial charge in [-0.2, -0.15) is 0 Å². The number of carbonyl (C=O) groups excluding carboxylic acids is 1. The summed E-state index contributed by atoms with van der Waals surface area (Å²) in [6.07, 6.45) is 0.370. The molecule has 5 nitrogen and oxygen atoms in total. The number of fused-ring (bicyclic) bond motifs is 1. The number of hydrogen-bond donors (Lipinski definition) is 0. The van der Waals surface area contributed by atoms with Crippen LogP contribution in [0.3, 0.4) is 0 Å². The molecule has 9 heteroatoms. The maximum Gasteiger partial charge on any atom is 0.229 e. The molecule has 2 aromatic carbocycles. The van der Waals surface area contributed by atoms with Crippen LogP contribution in [-0.4, -0.2) is 60.9 Å². The molecule has 1 aliphatic rings. The number of nitrogens with zero attached hydrogens (tertiary/aromatic N) is 3.